The van der Waals surface area contributed by atoms with E-state index in [0.29, 0.717) is 0 Å². The zero-order chi connectivity index (χ0) is 60.9. The van der Waals surface area contributed by atoms with Gasteiger partial charge in [0.15, 0.2) is 0 Å². The first kappa shape index (κ1) is 84.0. The molecule has 0 aliphatic heterocycles. The number of rotatable bonds is 8. The topological polar surface area (TPSA) is 34.1 Å². The number of halogens is 18. The normalized spacial score (nSPS) is 9.75. The molecule has 0 fully saturated rings. The van der Waals surface area contributed by atoms with Crippen LogP contribution in [-0.2, 0) is 36.1 Å². The van der Waals surface area contributed by atoms with Crippen molar-refractivity contribution in [1.29, 1.82) is 0 Å². The fourth-order valence-corrected chi connectivity index (χ4v) is 17.5. The van der Waals surface area contributed by atoms with E-state index in [1.807, 2.05) is 60.7 Å². The zero-order valence-electron chi connectivity index (χ0n) is 43.2. The van der Waals surface area contributed by atoms with E-state index in [-0.39, 0.29) is 18.3 Å². The molecule has 0 N–H and O–H groups in total. The summed E-state index contributed by atoms with van der Waals surface area (Å²) in [5, 5.41) is 4.51. The van der Waals surface area contributed by atoms with Gasteiger partial charge in [-0.1, -0.05) is 372 Å². The Labute approximate surface area is 624 Å². The van der Waals surface area contributed by atoms with Crippen LogP contribution in [0.5, 0.6) is 0 Å². The first-order valence-electron chi connectivity index (χ1n) is 22.6. The van der Waals surface area contributed by atoms with Crippen LogP contribution in [-0.4, -0.2) is 22.5 Å². The van der Waals surface area contributed by atoms with Gasteiger partial charge in [0.1, 0.15) is 0 Å². The van der Waals surface area contributed by atoms with Crippen LogP contribution >= 0.6 is 287 Å². The molecule has 3 radical (unpaired) electrons. The standard InChI is InChI=1S/C8H6Br4.3C8H7Br3.2C8H8Br2.C8H9Br.B2O.BO/c9-4-6-5(8(11)12)2-1-3-7(6)10;1-5-6(8(10)11)3-2-4-7(5)9;1-5-3-2-4-6(9)7(5)8(10)11;9-4-6-2-1-3-8(11)7(6)5-10;1-6-7(5-9)3-2-4-8(6)10;1-6-3-2-4-8(10)7(6)5-9;1-6-4-3-5-8(9)7(6)2;1-2-3;1-2/h1-3,8H,4H2;2*2-4,8H,1H3;1-3H,4-5H2;2*2-4H,5H2,1H3;3-5H,1-2H3;;. The maximum atomic E-state index is 8.58. The van der Waals surface area contributed by atoms with Crippen molar-refractivity contribution in [2.45, 2.75) is 79.4 Å². The first-order chi connectivity index (χ1) is 37.3. The molecule has 7 rings (SSSR count). The van der Waals surface area contributed by atoms with Crippen molar-refractivity contribution in [2.75, 3.05) is 0 Å². The van der Waals surface area contributed by atoms with Gasteiger partial charge in [-0.3, -0.25) is 0 Å². The first-order valence-corrected chi connectivity index (χ1v) is 39.3. The summed E-state index contributed by atoms with van der Waals surface area (Å²) in [5.41, 5.74) is 18.2. The van der Waals surface area contributed by atoms with Crippen molar-refractivity contribution in [3.05, 3.63) is 237 Å². The molecule has 7 aromatic carbocycles. The van der Waals surface area contributed by atoms with Gasteiger partial charge in [-0.2, -0.15) is 0 Å². The van der Waals surface area contributed by atoms with E-state index in [2.05, 4.69) is 410 Å². The number of alkyl halides is 11. The average Bonchev–Trinajstić information content (AvgIpc) is 3.41. The van der Waals surface area contributed by atoms with Crippen LogP contribution in [0.2, 0.25) is 0 Å². The quantitative estimate of drug-likeness (QED) is 0.112. The molecule has 0 aromatic heterocycles. The summed E-state index contributed by atoms with van der Waals surface area (Å²) >= 11 is 62.4. The second-order valence-corrected chi connectivity index (χ2v) is 33.5. The molecule has 0 amide bonds. The number of benzene rings is 7. The average molecular weight is 2230 g/mol. The molecule has 0 unspecified atom stereocenters. The summed E-state index contributed by atoms with van der Waals surface area (Å²) in [4.78, 5) is 0. The molecule has 0 saturated heterocycles. The second kappa shape index (κ2) is 49.8. The van der Waals surface area contributed by atoms with Crippen molar-refractivity contribution >= 4 is 309 Å². The van der Waals surface area contributed by atoms with Crippen molar-refractivity contribution in [3.8, 4) is 0 Å². The molecule has 0 bridgehead atoms. The van der Waals surface area contributed by atoms with Crippen molar-refractivity contribution < 1.29 is 9.41 Å². The van der Waals surface area contributed by atoms with Crippen LogP contribution in [0.25, 0.3) is 0 Å². The molecule has 2 nitrogen and oxygen atoms in total. The summed E-state index contributed by atoms with van der Waals surface area (Å²) < 4.78 is 25.2. The summed E-state index contributed by atoms with van der Waals surface area (Å²) in [6.45, 7) is 12.6. The van der Waals surface area contributed by atoms with E-state index in [0.717, 1.165) is 40.1 Å². The van der Waals surface area contributed by atoms with Gasteiger partial charge >= 0.3 is 31.9 Å². The Morgan fingerprint density at radius 2 is 0.684 bits per heavy atom. The third kappa shape index (κ3) is 33.4. The molecule has 0 heterocycles. The third-order valence-electron chi connectivity index (χ3n) is 10.6. The van der Waals surface area contributed by atoms with E-state index >= 15 is 0 Å². The molecule has 0 aliphatic carbocycles. The third-order valence-corrected chi connectivity index (χ3v) is 21.9. The second-order valence-electron chi connectivity index (χ2n) is 15.6. The van der Waals surface area contributed by atoms with Crippen LogP contribution in [0.3, 0.4) is 0 Å². The molecular weight excluding hydrogens is 2180 g/mol. The van der Waals surface area contributed by atoms with E-state index in [1.54, 1.807) is 0 Å². The van der Waals surface area contributed by atoms with Crippen LogP contribution in [0.4, 0.5) is 0 Å². The van der Waals surface area contributed by atoms with Crippen LogP contribution < -0.4 is 0 Å². The van der Waals surface area contributed by atoms with Gasteiger partial charge in [-0.05, 0) is 162 Å². The zero-order valence-corrected chi connectivity index (χ0v) is 71.8. The predicted octanol–water partition coefficient (Wildman–Crippen LogP) is 27.5. The van der Waals surface area contributed by atoms with Crippen LogP contribution in [0.1, 0.15) is 89.1 Å². The minimum absolute atomic E-state index is 0.218. The molecular formula is C56H52B3Br18O2. The Bertz CT molecular complexity index is 2800. The summed E-state index contributed by atoms with van der Waals surface area (Å²) in [5.74, 6) is 0. The van der Waals surface area contributed by atoms with Crippen molar-refractivity contribution in [1.82, 2.24) is 0 Å². The minimum atomic E-state index is 0.218. The van der Waals surface area contributed by atoms with Crippen molar-refractivity contribution in [2.24, 2.45) is 0 Å². The Balaban J connectivity index is 0. The Hall–Kier alpha value is 2.97. The Kier molecular flexibility index (Phi) is 53.0. The van der Waals surface area contributed by atoms with Gasteiger partial charge in [-0.25, -0.2) is 0 Å². The molecule has 0 saturated carbocycles. The van der Waals surface area contributed by atoms with E-state index in [4.69, 9.17) is 9.41 Å². The summed E-state index contributed by atoms with van der Waals surface area (Å²) in [7, 11) is 7.67. The fourth-order valence-electron chi connectivity index (χ4n) is 5.93. The van der Waals surface area contributed by atoms with Gasteiger partial charge in [0.05, 0.1) is 11.2 Å². The SMILES string of the molecule is BrCc1c(Br)cccc1C(Br)Br.BrCc1cccc(Br)c1CBr.Cc1c(Br)cccc1C(Br)Br.Cc1c(Br)cccc1CBr.Cc1cccc(Br)c1C.Cc1cccc(Br)c1C(Br)Br.Cc1cccc(Br)c1CBr.[B]=O.[B]B=O. The maximum absolute atomic E-state index is 8.58. The fraction of sp³-hybridized carbons (Fsp3) is 0.250. The molecule has 7 aromatic rings. The van der Waals surface area contributed by atoms with E-state index in [9.17, 15) is 0 Å². The van der Waals surface area contributed by atoms with E-state index in [1.165, 1.54) is 95.8 Å². The van der Waals surface area contributed by atoms with Gasteiger partial charge in [-0.15, -0.1) is 0 Å². The predicted molar refractivity (Wildman–Crippen MR) is 411 cm³/mol. The van der Waals surface area contributed by atoms with Crippen LogP contribution in [0.15, 0.2) is 159 Å². The Morgan fingerprint density at radius 1 is 0.354 bits per heavy atom. The number of hydrogen-bond donors (Lipinski definition) is 0. The molecule has 0 aliphatic rings. The molecule has 79 heavy (non-hydrogen) atoms. The summed E-state index contributed by atoms with van der Waals surface area (Å²) in [6, 6.07) is 43.4. The molecule has 0 atom stereocenters. The van der Waals surface area contributed by atoms with Gasteiger partial charge in [0.25, 0.3) is 0 Å². The van der Waals surface area contributed by atoms with Gasteiger partial charge in [0, 0.05) is 58.0 Å². The van der Waals surface area contributed by atoms with Gasteiger partial charge in [0.2, 0.25) is 0 Å². The van der Waals surface area contributed by atoms with Crippen molar-refractivity contribution in [3.63, 3.8) is 0 Å². The monoisotopic (exact) mass is 2210 g/mol. The molecule has 23 heteroatoms. The van der Waals surface area contributed by atoms with E-state index < -0.39 is 0 Å². The number of aryl methyl sites for hydroxylation is 3. The summed E-state index contributed by atoms with van der Waals surface area (Å²) in [6.07, 6.45) is 0. The molecule has 0 spiro atoms. The Morgan fingerprint density at radius 3 is 0.987 bits per heavy atom. The van der Waals surface area contributed by atoms with Gasteiger partial charge < -0.3 is 0 Å². The van der Waals surface area contributed by atoms with Crippen LogP contribution in [0, 0.1) is 41.5 Å². The number of hydrogen-bond acceptors (Lipinski definition) is 2. The molecule has 423 valence electrons.